The first-order valence-electron chi connectivity index (χ1n) is 7.89. The number of carbonyl (C=O) groups is 2. The average molecular weight is 322 g/mol. The van der Waals surface area contributed by atoms with E-state index >= 15 is 0 Å². The third-order valence-corrected chi connectivity index (χ3v) is 3.74. The highest BCUT2D eigenvalue weighted by Crippen LogP contribution is 2.02. The van der Waals surface area contributed by atoms with Gasteiger partial charge in [0.1, 0.15) is 5.82 Å². The van der Waals surface area contributed by atoms with E-state index in [-0.39, 0.29) is 5.82 Å². The van der Waals surface area contributed by atoms with Crippen LogP contribution in [0.15, 0.2) is 24.3 Å². The maximum Gasteiger partial charge on any atom is 0.309 e. The first kappa shape index (κ1) is 17.4. The minimum atomic E-state index is -0.632. The molecular weight excluding hydrogens is 299 g/mol. The van der Waals surface area contributed by atoms with Crippen molar-refractivity contribution in [3.05, 3.63) is 35.6 Å². The van der Waals surface area contributed by atoms with Crippen LogP contribution < -0.4 is 16.0 Å². The molecule has 7 heteroatoms. The Morgan fingerprint density at radius 1 is 1.04 bits per heavy atom. The zero-order valence-corrected chi connectivity index (χ0v) is 13.1. The number of carbonyl (C=O) groups excluding carboxylic acids is 2. The third-order valence-electron chi connectivity index (χ3n) is 3.74. The van der Waals surface area contributed by atoms with E-state index in [2.05, 4.69) is 20.9 Å². The van der Waals surface area contributed by atoms with Gasteiger partial charge in [-0.3, -0.25) is 14.5 Å². The van der Waals surface area contributed by atoms with Crippen LogP contribution >= 0.6 is 0 Å². The molecule has 1 fully saturated rings. The summed E-state index contributed by atoms with van der Waals surface area (Å²) in [5, 5.41) is 8.45. The molecule has 126 valence electrons. The molecule has 0 radical (unpaired) electrons. The number of hydrogen-bond donors (Lipinski definition) is 3. The first-order chi connectivity index (χ1) is 11.1. The Hall–Kier alpha value is -1.99. The van der Waals surface area contributed by atoms with E-state index in [4.69, 9.17) is 0 Å². The van der Waals surface area contributed by atoms with Gasteiger partial charge in [-0.2, -0.15) is 0 Å². The molecule has 1 aliphatic heterocycles. The van der Waals surface area contributed by atoms with Crippen LogP contribution in [0.3, 0.4) is 0 Å². The number of piperazine rings is 1. The minimum absolute atomic E-state index is 0.290. The Balaban J connectivity index is 1.58. The number of nitrogens with one attached hydrogen (secondary N) is 3. The molecule has 2 rings (SSSR count). The van der Waals surface area contributed by atoms with Crippen LogP contribution in [0.1, 0.15) is 5.56 Å². The number of amides is 2. The zero-order valence-electron chi connectivity index (χ0n) is 13.1. The molecule has 0 spiro atoms. The van der Waals surface area contributed by atoms with Gasteiger partial charge in [-0.05, 0) is 24.1 Å². The predicted octanol–water partition coefficient (Wildman–Crippen LogP) is -0.494. The summed E-state index contributed by atoms with van der Waals surface area (Å²) in [6.45, 7) is 5.38. The lowest BCUT2D eigenvalue weighted by atomic mass is 10.1. The van der Waals surface area contributed by atoms with Gasteiger partial charge in [-0.25, -0.2) is 4.39 Å². The van der Waals surface area contributed by atoms with Crippen molar-refractivity contribution in [3.63, 3.8) is 0 Å². The molecule has 1 aliphatic rings. The first-order valence-corrected chi connectivity index (χ1v) is 7.89. The van der Waals surface area contributed by atoms with E-state index in [0.29, 0.717) is 19.5 Å². The molecule has 0 bridgehead atoms. The highest BCUT2D eigenvalue weighted by molar-refractivity contribution is 6.35. The maximum absolute atomic E-state index is 12.8. The molecule has 23 heavy (non-hydrogen) atoms. The van der Waals surface area contributed by atoms with Crippen molar-refractivity contribution in [2.24, 2.45) is 0 Å². The average Bonchev–Trinajstić information content (AvgIpc) is 2.57. The summed E-state index contributed by atoms with van der Waals surface area (Å²) < 4.78 is 12.8. The van der Waals surface area contributed by atoms with E-state index < -0.39 is 11.8 Å². The number of nitrogens with zero attached hydrogens (tertiary/aromatic N) is 1. The van der Waals surface area contributed by atoms with Gasteiger partial charge in [-0.15, -0.1) is 0 Å². The second-order valence-corrected chi connectivity index (χ2v) is 5.48. The quantitative estimate of drug-likeness (QED) is 0.618. The van der Waals surface area contributed by atoms with E-state index in [1.807, 2.05) is 0 Å². The Kier molecular flexibility index (Phi) is 6.96. The van der Waals surface area contributed by atoms with Gasteiger partial charge in [0.15, 0.2) is 0 Å². The van der Waals surface area contributed by atoms with Crippen LogP contribution in [0.5, 0.6) is 0 Å². The van der Waals surface area contributed by atoms with Crippen molar-refractivity contribution in [2.45, 2.75) is 6.42 Å². The largest absolute Gasteiger partial charge is 0.348 e. The summed E-state index contributed by atoms with van der Waals surface area (Å²) in [5.74, 6) is -1.53. The van der Waals surface area contributed by atoms with Crippen LogP contribution in [0.2, 0.25) is 0 Å². The topological polar surface area (TPSA) is 73.5 Å². The van der Waals surface area contributed by atoms with Crippen molar-refractivity contribution < 1.29 is 14.0 Å². The summed E-state index contributed by atoms with van der Waals surface area (Å²) in [6.07, 6.45) is 0.556. The minimum Gasteiger partial charge on any atom is -0.348 e. The Morgan fingerprint density at radius 3 is 2.30 bits per heavy atom. The lowest BCUT2D eigenvalue weighted by Gasteiger charge is -2.26. The number of rotatable bonds is 6. The predicted molar refractivity (Wildman–Crippen MR) is 85.4 cm³/mol. The smallest absolute Gasteiger partial charge is 0.309 e. The van der Waals surface area contributed by atoms with Crippen molar-refractivity contribution in [1.82, 2.24) is 20.9 Å². The highest BCUT2D eigenvalue weighted by atomic mass is 19.1. The summed E-state index contributed by atoms with van der Waals surface area (Å²) in [5.41, 5.74) is 0.908. The normalized spacial score (nSPS) is 15.2. The standard InChI is InChI=1S/C16H23FN4O2/c17-14-3-1-13(2-4-14)5-6-19-15(22)16(23)20-9-12-21-10-7-18-8-11-21/h1-4,18H,5-12H2,(H,19,22)(H,20,23). The van der Waals surface area contributed by atoms with Crippen LogP contribution in [-0.2, 0) is 16.0 Å². The molecule has 6 nitrogen and oxygen atoms in total. The second-order valence-electron chi connectivity index (χ2n) is 5.48. The SMILES string of the molecule is O=C(NCCc1ccc(F)cc1)C(=O)NCCN1CCNCC1. The Morgan fingerprint density at radius 2 is 1.65 bits per heavy atom. The van der Waals surface area contributed by atoms with Gasteiger partial charge < -0.3 is 16.0 Å². The van der Waals surface area contributed by atoms with Gasteiger partial charge in [0.05, 0.1) is 0 Å². The Bertz CT molecular complexity index is 515. The van der Waals surface area contributed by atoms with Gasteiger partial charge in [0, 0.05) is 45.8 Å². The molecule has 2 amide bonds. The molecule has 0 atom stereocenters. The van der Waals surface area contributed by atoms with Gasteiger partial charge in [0.25, 0.3) is 0 Å². The van der Waals surface area contributed by atoms with Crippen molar-refractivity contribution in [2.75, 3.05) is 45.8 Å². The van der Waals surface area contributed by atoms with Gasteiger partial charge in [0.2, 0.25) is 0 Å². The zero-order chi connectivity index (χ0) is 16.5. The van der Waals surface area contributed by atoms with E-state index in [1.165, 1.54) is 12.1 Å². The molecule has 1 aromatic rings. The molecule has 0 aromatic heterocycles. The van der Waals surface area contributed by atoms with Crippen molar-refractivity contribution in [3.8, 4) is 0 Å². The van der Waals surface area contributed by atoms with Gasteiger partial charge >= 0.3 is 11.8 Å². The van der Waals surface area contributed by atoms with Gasteiger partial charge in [-0.1, -0.05) is 12.1 Å². The van der Waals surface area contributed by atoms with Crippen LogP contribution in [0.25, 0.3) is 0 Å². The van der Waals surface area contributed by atoms with Crippen LogP contribution in [0.4, 0.5) is 4.39 Å². The highest BCUT2D eigenvalue weighted by Gasteiger charge is 2.13. The second kappa shape index (κ2) is 9.22. The van der Waals surface area contributed by atoms with E-state index in [9.17, 15) is 14.0 Å². The molecule has 3 N–H and O–H groups in total. The van der Waals surface area contributed by atoms with E-state index in [1.54, 1.807) is 12.1 Å². The monoisotopic (exact) mass is 322 g/mol. The maximum atomic E-state index is 12.8. The van der Waals surface area contributed by atoms with Crippen molar-refractivity contribution in [1.29, 1.82) is 0 Å². The fourth-order valence-electron chi connectivity index (χ4n) is 2.39. The molecule has 0 unspecified atom stereocenters. The van der Waals surface area contributed by atoms with Crippen LogP contribution in [-0.4, -0.2) is 62.5 Å². The molecule has 0 saturated carbocycles. The lowest BCUT2D eigenvalue weighted by Crippen LogP contribution is -2.48. The fourth-order valence-corrected chi connectivity index (χ4v) is 2.39. The van der Waals surface area contributed by atoms with Crippen LogP contribution in [0, 0.1) is 5.82 Å². The number of benzene rings is 1. The molecule has 1 heterocycles. The summed E-state index contributed by atoms with van der Waals surface area (Å²) >= 11 is 0. The molecular formula is C16H23FN4O2. The number of halogens is 1. The lowest BCUT2D eigenvalue weighted by molar-refractivity contribution is -0.139. The third kappa shape index (κ3) is 6.33. The summed E-state index contributed by atoms with van der Waals surface area (Å²) in [4.78, 5) is 25.6. The summed E-state index contributed by atoms with van der Waals surface area (Å²) in [7, 11) is 0. The molecule has 0 aliphatic carbocycles. The number of hydrogen-bond acceptors (Lipinski definition) is 4. The molecule has 1 aromatic carbocycles. The summed E-state index contributed by atoms with van der Waals surface area (Å²) in [6, 6.07) is 6.07. The molecule has 1 saturated heterocycles. The van der Waals surface area contributed by atoms with E-state index in [0.717, 1.165) is 38.3 Å². The van der Waals surface area contributed by atoms with Crippen molar-refractivity contribution >= 4 is 11.8 Å². The Labute approximate surface area is 135 Å². The fraction of sp³-hybridized carbons (Fsp3) is 0.500.